The summed E-state index contributed by atoms with van der Waals surface area (Å²) in [7, 11) is -1.54. The van der Waals surface area contributed by atoms with Crippen LogP contribution < -0.4 is 10.2 Å². The fourth-order valence-corrected chi connectivity index (χ4v) is 3.89. The molecule has 3 aromatic rings. The number of rotatable bonds is 7. The van der Waals surface area contributed by atoms with Crippen molar-refractivity contribution in [3.8, 4) is 5.75 Å². The van der Waals surface area contributed by atoms with Gasteiger partial charge in [-0.2, -0.15) is 11.3 Å². The van der Waals surface area contributed by atoms with E-state index in [1.807, 2.05) is 37.3 Å². The maximum atomic E-state index is 9.72. The summed E-state index contributed by atoms with van der Waals surface area (Å²) >= 11 is 1.67. The van der Waals surface area contributed by atoms with Gasteiger partial charge in [-0.15, -0.1) is 0 Å². The van der Waals surface area contributed by atoms with Crippen LogP contribution in [0.5, 0.6) is 5.75 Å². The van der Waals surface area contributed by atoms with Crippen LogP contribution in [0.4, 0.5) is 0 Å². The van der Waals surface area contributed by atoms with Crippen molar-refractivity contribution in [3.05, 3.63) is 82.0 Å². The zero-order valence-electron chi connectivity index (χ0n) is 15.6. The molecule has 138 valence electrons. The molecule has 0 fully saturated rings. The fourth-order valence-electron chi connectivity index (χ4n) is 3.25. The first-order valence-corrected chi connectivity index (χ1v) is 10.0. The first-order valence-electron chi connectivity index (χ1n) is 9.09. The molecule has 0 amide bonds. The van der Waals surface area contributed by atoms with E-state index in [0.29, 0.717) is 17.8 Å². The largest absolute Gasteiger partial charge is 0.494 e. The van der Waals surface area contributed by atoms with Crippen LogP contribution in [0.1, 0.15) is 37.0 Å². The number of ether oxygens (including phenoxy) is 1. The second kappa shape index (κ2) is 9.04. The lowest BCUT2D eigenvalue weighted by molar-refractivity contribution is 0.340. The van der Waals surface area contributed by atoms with Gasteiger partial charge in [0.25, 0.3) is 0 Å². The molecule has 0 bridgehead atoms. The molecule has 0 aliphatic heterocycles. The Labute approximate surface area is 164 Å². The van der Waals surface area contributed by atoms with E-state index in [2.05, 4.69) is 35.9 Å². The number of hydrogen-bond acceptors (Lipinski definition) is 4. The van der Waals surface area contributed by atoms with E-state index in [4.69, 9.17) is 4.74 Å². The molecular weight excluding hydrogens is 355 g/mol. The minimum atomic E-state index is -1.54. The summed E-state index contributed by atoms with van der Waals surface area (Å²) in [5.41, 5.74) is 5.97. The summed E-state index contributed by atoms with van der Waals surface area (Å²) in [6.45, 7) is 4.55. The topological polar surface area (TPSA) is 49.7 Å². The maximum absolute atomic E-state index is 9.72. The van der Waals surface area contributed by atoms with E-state index < -0.39 is 7.12 Å². The van der Waals surface area contributed by atoms with Gasteiger partial charge in [-0.05, 0) is 75.6 Å². The van der Waals surface area contributed by atoms with E-state index in [0.717, 1.165) is 34.3 Å². The van der Waals surface area contributed by atoms with E-state index in [1.165, 1.54) is 0 Å². The average molecular weight is 378 g/mol. The molecule has 0 spiro atoms. The molecule has 1 heterocycles. The van der Waals surface area contributed by atoms with Crippen LogP contribution in [-0.2, 0) is 0 Å². The molecule has 5 heteroatoms. The Bertz CT molecular complexity index is 903. The standard InChI is InChI=1S/C22H23BO3S/c1-3-21(18-12-19(23(24)25)14-20(13-18)26-4-2)22(17-10-11-27-15-17)16-8-6-5-7-9-16/h5-15,24-25H,3-4H2,1-2H3/b22-21+. The number of hydrogen-bond donors (Lipinski definition) is 2. The molecule has 0 saturated carbocycles. The quantitative estimate of drug-likeness (QED) is 0.479. The lowest BCUT2D eigenvalue weighted by Gasteiger charge is -2.17. The van der Waals surface area contributed by atoms with Gasteiger partial charge in [0.05, 0.1) is 6.61 Å². The maximum Gasteiger partial charge on any atom is 0.488 e. The predicted octanol–water partition coefficient (Wildman–Crippen LogP) is 4.20. The van der Waals surface area contributed by atoms with E-state index >= 15 is 0 Å². The minimum Gasteiger partial charge on any atom is -0.494 e. The van der Waals surface area contributed by atoms with Crippen molar-refractivity contribution in [1.29, 1.82) is 0 Å². The smallest absolute Gasteiger partial charge is 0.488 e. The Kier molecular flexibility index (Phi) is 6.51. The zero-order chi connectivity index (χ0) is 19.2. The van der Waals surface area contributed by atoms with Crippen molar-refractivity contribution in [1.82, 2.24) is 0 Å². The van der Waals surface area contributed by atoms with Gasteiger partial charge in [0.2, 0.25) is 0 Å². The predicted molar refractivity (Wildman–Crippen MR) is 114 cm³/mol. The first kappa shape index (κ1) is 19.4. The molecule has 2 aromatic carbocycles. The number of thiophene rings is 1. The Hall–Kier alpha value is -2.34. The Morgan fingerprint density at radius 3 is 2.33 bits per heavy atom. The van der Waals surface area contributed by atoms with Crippen LogP contribution in [0.3, 0.4) is 0 Å². The molecule has 0 aliphatic carbocycles. The molecule has 1 aromatic heterocycles. The van der Waals surface area contributed by atoms with Crippen molar-refractivity contribution >= 4 is 35.1 Å². The third-order valence-corrected chi connectivity index (χ3v) is 5.10. The van der Waals surface area contributed by atoms with Crippen LogP contribution in [0.2, 0.25) is 0 Å². The van der Waals surface area contributed by atoms with E-state index in [9.17, 15) is 10.0 Å². The van der Waals surface area contributed by atoms with Gasteiger partial charge in [0, 0.05) is 0 Å². The Balaban J connectivity index is 2.26. The van der Waals surface area contributed by atoms with Crippen molar-refractivity contribution in [2.45, 2.75) is 20.3 Å². The summed E-state index contributed by atoms with van der Waals surface area (Å²) in [5.74, 6) is 0.641. The highest BCUT2D eigenvalue weighted by Gasteiger charge is 2.18. The number of allylic oxidation sites excluding steroid dienone is 1. The van der Waals surface area contributed by atoms with Gasteiger partial charge in [-0.25, -0.2) is 0 Å². The van der Waals surface area contributed by atoms with Crippen LogP contribution in [0, 0.1) is 0 Å². The first-order chi connectivity index (χ1) is 13.1. The van der Waals surface area contributed by atoms with Gasteiger partial charge >= 0.3 is 7.12 Å². The summed E-state index contributed by atoms with van der Waals surface area (Å²) in [5, 5.41) is 23.7. The third-order valence-electron chi connectivity index (χ3n) is 4.41. The fraction of sp³-hybridized carbons (Fsp3) is 0.182. The molecule has 3 rings (SSSR count). The van der Waals surface area contributed by atoms with Crippen LogP contribution in [0.25, 0.3) is 11.1 Å². The van der Waals surface area contributed by atoms with Crippen molar-refractivity contribution in [3.63, 3.8) is 0 Å². The molecular formula is C22H23BO3S. The van der Waals surface area contributed by atoms with Crippen LogP contribution in [-0.4, -0.2) is 23.8 Å². The van der Waals surface area contributed by atoms with Crippen molar-refractivity contribution in [2.24, 2.45) is 0 Å². The van der Waals surface area contributed by atoms with Gasteiger partial charge in [-0.3, -0.25) is 0 Å². The van der Waals surface area contributed by atoms with Gasteiger partial charge in [-0.1, -0.05) is 43.3 Å². The molecule has 0 radical (unpaired) electrons. The summed E-state index contributed by atoms with van der Waals surface area (Å²) < 4.78 is 5.67. The third kappa shape index (κ3) is 4.50. The molecule has 0 unspecified atom stereocenters. The van der Waals surface area contributed by atoms with Crippen LogP contribution >= 0.6 is 11.3 Å². The second-order valence-corrected chi connectivity index (χ2v) is 6.96. The Morgan fingerprint density at radius 2 is 1.74 bits per heavy atom. The summed E-state index contributed by atoms with van der Waals surface area (Å²) in [6.07, 6.45) is 0.802. The summed E-state index contributed by atoms with van der Waals surface area (Å²) in [6, 6.07) is 17.9. The average Bonchev–Trinajstić information content (AvgIpc) is 3.20. The highest BCUT2D eigenvalue weighted by molar-refractivity contribution is 7.08. The molecule has 0 aliphatic rings. The van der Waals surface area contributed by atoms with Gasteiger partial charge < -0.3 is 14.8 Å². The van der Waals surface area contributed by atoms with Crippen LogP contribution in [0.15, 0.2) is 65.4 Å². The SMILES string of the molecule is CCOc1cc(B(O)O)cc(/C(CC)=C(\c2ccccc2)c2ccsc2)c1. The lowest BCUT2D eigenvalue weighted by atomic mass is 9.78. The molecule has 3 nitrogen and oxygen atoms in total. The second-order valence-electron chi connectivity index (χ2n) is 6.18. The van der Waals surface area contributed by atoms with E-state index in [-0.39, 0.29) is 0 Å². The normalized spacial score (nSPS) is 11.9. The lowest BCUT2D eigenvalue weighted by Crippen LogP contribution is -2.30. The summed E-state index contributed by atoms with van der Waals surface area (Å²) in [4.78, 5) is 0. The number of benzene rings is 2. The molecule has 0 atom stereocenters. The Morgan fingerprint density at radius 1 is 0.963 bits per heavy atom. The molecule has 0 saturated heterocycles. The van der Waals surface area contributed by atoms with Gasteiger partial charge in [0.15, 0.2) is 0 Å². The van der Waals surface area contributed by atoms with Crippen molar-refractivity contribution < 1.29 is 14.8 Å². The minimum absolute atomic E-state index is 0.430. The highest BCUT2D eigenvalue weighted by Crippen LogP contribution is 2.35. The monoisotopic (exact) mass is 378 g/mol. The zero-order valence-corrected chi connectivity index (χ0v) is 16.4. The molecule has 2 N–H and O–H groups in total. The van der Waals surface area contributed by atoms with E-state index in [1.54, 1.807) is 17.4 Å². The highest BCUT2D eigenvalue weighted by atomic mass is 32.1. The van der Waals surface area contributed by atoms with Crippen molar-refractivity contribution in [2.75, 3.05) is 6.61 Å². The molecule has 27 heavy (non-hydrogen) atoms. The van der Waals surface area contributed by atoms with Gasteiger partial charge in [0.1, 0.15) is 5.75 Å².